The third kappa shape index (κ3) is 3.12. The van der Waals surface area contributed by atoms with E-state index in [-0.39, 0.29) is 6.04 Å². The number of H-pyrrole nitrogens is 1. The van der Waals surface area contributed by atoms with Crippen LogP contribution < -0.4 is 10.1 Å². The number of benzene rings is 1. The van der Waals surface area contributed by atoms with Gasteiger partial charge in [-0.25, -0.2) is 4.98 Å². The second-order valence-corrected chi connectivity index (χ2v) is 4.22. The number of nitrogens with zero attached hydrogens (tertiary/aromatic N) is 2. The van der Waals surface area contributed by atoms with Gasteiger partial charge in [-0.3, -0.25) is 0 Å². The molecule has 0 spiro atoms. The van der Waals surface area contributed by atoms with E-state index < -0.39 is 0 Å². The molecule has 2 rings (SSSR count). The lowest BCUT2D eigenvalue weighted by atomic mass is 10.1. The number of rotatable bonds is 5. The average molecular weight is 256 g/mol. The summed E-state index contributed by atoms with van der Waals surface area (Å²) in [4.78, 5) is 7.27. The van der Waals surface area contributed by atoms with Gasteiger partial charge in [0.1, 0.15) is 17.6 Å². The van der Waals surface area contributed by atoms with Gasteiger partial charge in [-0.05, 0) is 24.6 Å². The fourth-order valence-electron chi connectivity index (χ4n) is 1.83. The highest BCUT2D eigenvalue weighted by Gasteiger charge is 2.08. The van der Waals surface area contributed by atoms with Crippen molar-refractivity contribution in [3.63, 3.8) is 0 Å². The van der Waals surface area contributed by atoms with Crippen LogP contribution >= 0.6 is 0 Å². The third-order valence-electron chi connectivity index (χ3n) is 2.93. The predicted molar refractivity (Wildman–Crippen MR) is 71.6 cm³/mol. The first-order valence-electron chi connectivity index (χ1n) is 6.04. The number of ether oxygens (including phenoxy) is 1. The normalized spacial score (nSPS) is 11.8. The zero-order chi connectivity index (χ0) is 13.7. The van der Waals surface area contributed by atoms with Crippen LogP contribution in [0.3, 0.4) is 0 Å². The van der Waals surface area contributed by atoms with Gasteiger partial charge in [-0.15, -0.1) is 0 Å². The van der Waals surface area contributed by atoms with Crippen LogP contribution in [0.15, 0.2) is 30.6 Å². The lowest BCUT2D eigenvalue weighted by Crippen LogP contribution is -2.19. The molecule has 5 heteroatoms. The van der Waals surface area contributed by atoms with Gasteiger partial charge in [0.15, 0.2) is 0 Å². The van der Waals surface area contributed by atoms with Crippen molar-refractivity contribution in [2.75, 3.05) is 7.11 Å². The first-order valence-corrected chi connectivity index (χ1v) is 6.04. The second-order valence-electron chi connectivity index (χ2n) is 4.22. The van der Waals surface area contributed by atoms with Crippen molar-refractivity contribution in [1.29, 1.82) is 5.26 Å². The SMILES string of the molecule is COc1ccc(CNC(C)c2ncc[nH]2)cc1C#N. The van der Waals surface area contributed by atoms with Crippen LogP contribution in [0.1, 0.15) is 29.9 Å². The minimum absolute atomic E-state index is 0.127. The molecular weight excluding hydrogens is 240 g/mol. The Kier molecular flexibility index (Phi) is 4.16. The third-order valence-corrected chi connectivity index (χ3v) is 2.93. The van der Waals surface area contributed by atoms with Crippen LogP contribution in [0, 0.1) is 11.3 Å². The molecule has 0 fully saturated rings. The number of nitriles is 1. The number of nitrogens with one attached hydrogen (secondary N) is 2. The Bertz CT molecular complexity index is 572. The molecule has 1 atom stereocenters. The van der Waals surface area contributed by atoms with Gasteiger partial charge in [-0.1, -0.05) is 6.07 Å². The molecule has 1 aromatic carbocycles. The number of aromatic nitrogens is 2. The first kappa shape index (κ1) is 13.1. The molecule has 19 heavy (non-hydrogen) atoms. The van der Waals surface area contributed by atoms with E-state index in [9.17, 15) is 0 Å². The highest BCUT2D eigenvalue weighted by Crippen LogP contribution is 2.19. The summed E-state index contributed by atoms with van der Waals surface area (Å²) >= 11 is 0. The van der Waals surface area contributed by atoms with E-state index in [1.165, 1.54) is 0 Å². The van der Waals surface area contributed by atoms with Gasteiger partial charge in [0.05, 0.1) is 18.7 Å². The number of aromatic amines is 1. The van der Waals surface area contributed by atoms with Gasteiger partial charge >= 0.3 is 0 Å². The van der Waals surface area contributed by atoms with E-state index in [2.05, 4.69) is 21.4 Å². The lowest BCUT2D eigenvalue weighted by Gasteiger charge is -2.12. The molecule has 0 aliphatic carbocycles. The van der Waals surface area contributed by atoms with Crippen molar-refractivity contribution in [2.45, 2.75) is 19.5 Å². The van der Waals surface area contributed by atoms with E-state index in [1.807, 2.05) is 25.1 Å². The van der Waals surface area contributed by atoms with E-state index in [0.717, 1.165) is 11.4 Å². The van der Waals surface area contributed by atoms with Gasteiger partial charge in [0, 0.05) is 18.9 Å². The number of hydrogen-bond acceptors (Lipinski definition) is 4. The Balaban J connectivity index is 2.02. The molecular formula is C14H16N4O. The van der Waals surface area contributed by atoms with E-state index in [0.29, 0.717) is 17.9 Å². The van der Waals surface area contributed by atoms with E-state index in [4.69, 9.17) is 10.00 Å². The summed E-state index contributed by atoms with van der Waals surface area (Å²) in [6.45, 7) is 2.70. The zero-order valence-electron chi connectivity index (χ0n) is 11.0. The Labute approximate surface area is 112 Å². The van der Waals surface area contributed by atoms with Crippen LogP contribution in [0.2, 0.25) is 0 Å². The summed E-state index contributed by atoms with van der Waals surface area (Å²) in [6.07, 6.45) is 3.53. The minimum Gasteiger partial charge on any atom is -0.495 e. The largest absolute Gasteiger partial charge is 0.495 e. The zero-order valence-corrected chi connectivity index (χ0v) is 11.0. The smallest absolute Gasteiger partial charge is 0.136 e. The van der Waals surface area contributed by atoms with Crippen molar-refractivity contribution in [1.82, 2.24) is 15.3 Å². The van der Waals surface area contributed by atoms with Crippen LogP contribution in [0.5, 0.6) is 5.75 Å². The minimum atomic E-state index is 0.127. The highest BCUT2D eigenvalue weighted by molar-refractivity contribution is 5.45. The van der Waals surface area contributed by atoms with Crippen LogP contribution in [-0.4, -0.2) is 17.1 Å². The molecule has 1 aromatic heterocycles. The standard InChI is InChI=1S/C14H16N4O/c1-10(14-16-5-6-17-14)18-9-11-3-4-13(19-2)12(7-11)8-15/h3-7,10,18H,9H2,1-2H3,(H,16,17). The van der Waals surface area contributed by atoms with E-state index in [1.54, 1.807) is 19.5 Å². The monoisotopic (exact) mass is 256 g/mol. The molecule has 0 bridgehead atoms. The second kappa shape index (κ2) is 6.03. The van der Waals surface area contributed by atoms with Crippen molar-refractivity contribution >= 4 is 0 Å². The maximum atomic E-state index is 9.04. The fourth-order valence-corrected chi connectivity index (χ4v) is 1.83. The van der Waals surface area contributed by atoms with Gasteiger partial charge in [0.25, 0.3) is 0 Å². The summed E-state index contributed by atoms with van der Waals surface area (Å²) in [5.74, 6) is 1.50. The van der Waals surface area contributed by atoms with Crippen LogP contribution in [-0.2, 0) is 6.54 Å². The van der Waals surface area contributed by atoms with Crippen molar-refractivity contribution in [2.24, 2.45) is 0 Å². The molecule has 0 radical (unpaired) electrons. The van der Waals surface area contributed by atoms with Crippen LogP contribution in [0.4, 0.5) is 0 Å². The summed E-state index contributed by atoms with van der Waals surface area (Å²) < 4.78 is 5.12. The summed E-state index contributed by atoms with van der Waals surface area (Å²) in [5.41, 5.74) is 1.59. The molecule has 0 aliphatic heterocycles. The highest BCUT2D eigenvalue weighted by atomic mass is 16.5. The average Bonchev–Trinajstić information content (AvgIpc) is 2.98. The van der Waals surface area contributed by atoms with Gasteiger partial charge in [-0.2, -0.15) is 5.26 Å². The summed E-state index contributed by atoms with van der Waals surface area (Å²) in [7, 11) is 1.56. The molecule has 0 amide bonds. The Morgan fingerprint density at radius 1 is 1.53 bits per heavy atom. The van der Waals surface area contributed by atoms with Gasteiger partial charge in [0.2, 0.25) is 0 Å². The fraction of sp³-hybridized carbons (Fsp3) is 0.286. The Morgan fingerprint density at radius 2 is 2.37 bits per heavy atom. The maximum absolute atomic E-state index is 9.04. The lowest BCUT2D eigenvalue weighted by molar-refractivity contribution is 0.413. The first-order chi connectivity index (χ1) is 9.24. The quantitative estimate of drug-likeness (QED) is 0.859. The Morgan fingerprint density at radius 3 is 3.00 bits per heavy atom. The molecule has 0 saturated heterocycles. The summed E-state index contributed by atoms with van der Waals surface area (Å²) in [5, 5.41) is 12.4. The Hall–Kier alpha value is -2.32. The van der Waals surface area contributed by atoms with Crippen molar-refractivity contribution in [3.8, 4) is 11.8 Å². The summed E-state index contributed by atoms with van der Waals surface area (Å²) in [6, 6.07) is 7.85. The topological polar surface area (TPSA) is 73.7 Å². The predicted octanol–water partition coefficient (Wildman–Crippen LogP) is 2.14. The molecule has 0 aliphatic rings. The number of methoxy groups -OCH3 is 1. The number of imidazole rings is 1. The molecule has 2 aromatic rings. The molecule has 2 N–H and O–H groups in total. The van der Waals surface area contributed by atoms with Crippen molar-refractivity contribution < 1.29 is 4.74 Å². The van der Waals surface area contributed by atoms with Gasteiger partial charge < -0.3 is 15.0 Å². The van der Waals surface area contributed by atoms with Crippen LogP contribution in [0.25, 0.3) is 0 Å². The molecule has 5 nitrogen and oxygen atoms in total. The number of hydrogen-bond donors (Lipinski definition) is 2. The molecule has 1 heterocycles. The molecule has 1 unspecified atom stereocenters. The molecule has 98 valence electrons. The van der Waals surface area contributed by atoms with Crippen molar-refractivity contribution in [3.05, 3.63) is 47.5 Å². The molecule has 0 saturated carbocycles. The maximum Gasteiger partial charge on any atom is 0.136 e. The van der Waals surface area contributed by atoms with E-state index >= 15 is 0 Å².